The summed E-state index contributed by atoms with van der Waals surface area (Å²) in [4.78, 5) is 10.4. The molecule has 1 aromatic carbocycles. The molecule has 1 aromatic rings. The predicted molar refractivity (Wildman–Crippen MR) is 57.4 cm³/mol. The summed E-state index contributed by atoms with van der Waals surface area (Å²) in [7, 11) is 0. The van der Waals surface area contributed by atoms with E-state index in [9.17, 15) is 9.18 Å². The van der Waals surface area contributed by atoms with Gasteiger partial charge in [-0.15, -0.1) is 0 Å². The van der Waals surface area contributed by atoms with Crippen molar-refractivity contribution in [1.29, 1.82) is 0 Å². The fourth-order valence-electron chi connectivity index (χ4n) is 1.20. The van der Waals surface area contributed by atoms with Crippen LogP contribution in [0.15, 0.2) is 12.1 Å². The Morgan fingerprint density at radius 3 is 2.87 bits per heavy atom. The lowest BCUT2D eigenvalue weighted by Gasteiger charge is -2.06. The van der Waals surface area contributed by atoms with Crippen LogP contribution in [0.3, 0.4) is 0 Å². The molecule has 0 aliphatic heterocycles. The van der Waals surface area contributed by atoms with E-state index >= 15 is 0 Å². The molecule has 3 N–H and O–H groups in total. The van der Waals surface area contributed by atoms with Crippen molar-refractivity contribution < 1.29 is 9.18 Å². The van der Waals surface area contributed by atoms with E-state index in [0.29, 0.717) is 29.1 Å². The van der Waals surface area contributed by atoms with Gasteiger partial charge in [0.15, 0.2) is 0 Å². The second-order valence-corrected chi connectivity index (χ2v) is 3.64. The number of benzene rings is 1. The second-order valence-electron chi connectivity index (χ2n) is 3.23. The summed E-state index contributed by atoms with van der Waals surface area (Å²) in [6.07, 6.45) is 0.457. The second kappa shape index (κ2) is 4.98. The summed E-state index contributed by atoms with van der Waals surface area (Å²) in [5.74, 6) is -0.298. The van der Waals surface area contributed by atoms with Crippen LogP contribution in [-0.2, 0) is 6.42 Å². The van der Waals surface area contributed by atoms with E-state index in [4.69, 9.17) is 17.3 Å². The van der Waals surface area contributed by atoms with Crippen LogP contribution in [0.25, 0.3) is 0 Å². The van der Waals surface area contributed by atoms with E-state index in [1.807, 2.05) is 0 Å². The van der Waals surface area contributed by atoms with Crippen LogP contribution in [0.1, 0.15) is 11.1 Å². The van der Waals surface area contributed by atoms with E-state index in [-0.39, 0.29) is 5.82 Å². The molecule has 0 bridgehead atoms. The molecule has 0 aliphatic rings. The van der Waals surface area contributed by atoms with Crippen molar-refractivity contribution in [2.75, 3.05) is 6.54 Å². The fraction of sp³-hybridized carbons (Fsp3) is 0.300. The Bertz CT molecular complexity index is 382. The first kappa shape index (κ1) is 11.8. The normalized spacial score (nSPS) is 10.1. The van der Waals surface area contributed by atoms with Gasteiger partial charge in [-0.3, -0.25) is 0 Å². The highest BCUT2D eigenvalue weighted by atomic mass is 35.5. The summed E-state index contributed by atoms with van der Waals surface area (Å²) in [5, 5.41) is 2.91. The maximum Gasteiger partial charge on any atom is 0.312 e. The average molecular weight is 231 g/mol. The molecule has 0 saturated carbocycles. The van der Waals surface area contributed by atoms with Crippen LogP contribution in [0, 0.1) is 12.7 Å². The number of carbonyl (C=O) groups is 1. The van der Waals surface area contributed by atoms with Crippen LogP contribution >= 0.6 is 11.6 Å². The molecule has 0 saturated heterocycles. The van der Waals surface area contributed by atoms with Crippen molar-refractivity contribution in [2.24, 2.45) is 5.73 Å². The summed E-state index contributed by atoms with van der Waals surface area (Å²) >= 11 is 5.91. The third-order valence-corrected chi connectivity index (χ3v) is 2.37. The van der Waals surface area contributed by atoms with Crippen molar-refractivity contribution in [3.63, 3.8) is 0 Å². The molecular formula is C10H12ClFN2O. The average Bonchev–Trinajstić information content (AvgIpc) is 2.13. The van der Waals surface area contributed by atoms with Gasteiger partial charge in [-0.1, -0.05) is 11.6 Å². The van der Waals surface area contributed by atoms with Crippen LogP contribution in [0.2, 0.25) is 5.02 Å². The number of halogens is 2. The van der Waals surface area contributed by atoms with Crippen LogP contribution in [-0.4, -0.2) is 12.6 Å². The standard InChI is InChI=1S/C10H12ClFN2O/c1-6-4-8(11)7(5-9(6)12)2-3-14-10(13)15/h4-5H,2-3H2,1H3,(H3,13,14,15). The Morgan fingerprint density at radius 2 is 2.27 bits per heavy atom. The molecule has 82 valence electrons. The number of aryl methyl sites for hydroxylation is 1. The zero-order chi connectivity index (χ0) is 11.4. The van der Waals surface area contributed by atoms with Crippen molar-refractivity contribution in [1.82, 2.24) is 5.32 Å². The highest BCUT2D eigenvalue weighted by Crippen LogP contribution is 2.20. The molecule has 5 heteroatoms. The van der Waals surface area contributed by atoms with Crippen LogP contribution in [0.5, 0.6) is 0 Å². The first-order chi connectivity index (χ1) is 7.00. The number of amides is 2. The Kier molecular flexibility index (Phi) is 3.91. The number of hydrogen-bond acceptors (Lipinski definition) is 1. The molecular weight excluding hydrogens is 219 g/mol. The fourth-order valence-corrected chi connectivity index (χ4v) is 1.51. The van der Waals surface area contributed by atoms with Gasteiger partial charge < -0.3 is 11.1 Å². The lowest BCUT2D eigenvalue weighted by Crippen LogP contribution is -2.31. The van der Waals surface area contributed by atoms with Crippen molar-refractivity contribution in [3.8, 4) is 0 Å². The maximum atomic E-state index is 13.2. The molecule has 1 rings (SSSR count). The lowest BCUT2D eigenvalue weighted by molar-refractivity contribution is 0.249. The molecule has 0 unspecified atom stereocenters. The maximum absolute atomic E-state index is 13.2. The minimum absolute atomic E-state index is 0.298. The van der Waals surface area contributed by atoms with Gasteiger partial charge in [0.05, 0.1) is 0 Å². The number of hydrogen-bond donors (Lipinski definition) is 2. The molecule has 0 heterocycles. The molecule has 15 heavy (non-hydrogen) atoms. The van der Waals surface area contributed by atoms with Crippen molar-refractivity contribution in [2.45, 2.75) is 13.3 Å². The van der Waals surface area contributed by atoms with Gasteiger partial charge in [0.1, 0.15) is 5.82 Å². The monoisotopic (exact) mass is 230 g/mol. The summed E-state index contributed by atoms with van der Waals surface area (Å²) in [5.41, 5.74) is 6.06. The molecule has 0 spiro atoms. The van der Waals surface area contributed by atoms with Gasteiger partial charge in [-0.25, -0.2) is 9.18 Å². The quantitative estimate of drug-likeness (QED) is 0.820. The van der Waals surface area contributed by atoms with E-state index in [0.717, 1.165) is 0 Å². The molecule has 3 nitrogen and oxygen atoms in total. The Morgan fingerprint density at radius 1 is 1.60 bits per heavy atom. The van der Waals surface area contributed by atoms with E-state index in [2.05, 4.69) is 5.32 Å². The summed E-state index contributed by atoms with van der Waals surface area (Å²) in [6.45, 7) is 1.99. The SMILES string of the molecule is Cc1cc(Cl)c(CCNC(N)=O)cc1F. The van der Waals surface area contributed by atoms with Gasteiger partial charge >= 0.3 is 6.03 Å². The van der Waals surface area contributed by atoms with Crippen LogP contribution in [0.4, 0.5) is 9.18 Å². The largest absolute Gasteiger partial charge is 0.352 e. The Balaban J connectivity index is 2.69. The number of nitrogens with two attached hydrogens (primary N) is 1. The summed E-state index contributed by atoms with van der Waals surface area (Å²) < 4.78 is 13.2. The zero-order valence-electron chi connectivity index (χ0n) is 8.31. The van der Waals surface area contributed by atoms with Crippen molar-refractivity contribution >= 4 is 17.6 Å². The number of nitrogens with one attached hydrogen (secondary N) is 1. The van der Waals surface area contributed by atoms with Gasteiger partial charge in [0.2, 0.25) is 0 Å². The Labute approximate surface area is 92.4 Å². The molecule has 0 aromatic heterocycles. The molecule has 2 amide bonds. The molecule has 0 atom stereocenters. The lowest BCUT2D eigenvalue weighted by atomic mass is 10.1. The minimum Gasteiger partial charge on any atom is -0.352 e. The van der Waals surface area contributed by atoms with Gasteiger partial charge in [0.25, 0.3) is 0 Å². The predicted octanol–water partition coefficient (Wildman–Crippen LogP) is 2.00. The van der Waals surface area contributed by atoms with Gasteiger partial charge in [-0.05, 0) is 36.6 Å². The minimum atomic E-state index is -0.598. The number of carbonyl (C=O) groups excluding carboxylic acids is 1. The Hall–Kier alpha value is -1.29. The highest BCUT2D eigenvalue weighted by molar-refractivity contribution is 6.31. The first-order valence-corrected chi connectivity index (χ1v) is 4.86. The molecule has 0 radical (unpaired) electrons. The molecule has 0 aliphatic carbocycles. The molecule has 0 fully saturated rings. The number of urea groups is 1. The van der Waals surface area contributed by atoms with Crippen molar-refractivity contribution in [3.05, 3.63) is 34.1 Å². The zero-order valence-corrected chi connectivity index (χ0v) is 9.07. The number of primary amides is 1. The third kappa shape index (κ3) is 3.40. The highest BCUT2D eigenvalue weighted by Gasteiger charge is 2.05. The van der Waals surface area contributed by atoms with Gasteiger partial charge in [-0.2, -0.15) is 0 Å². The smallest absolute Gasteiger partial charge is 0.312 e. The van der Waals surface area contributed by atoms with E-state index in [1.54, 1.807) is 13.0 Å². The number of rotatable bonds is 3. The first-order valence-electron chi connectivity index (χ1n) is 4.48. The van der Waals surface area contributed by atoms with Crippen LogP contribution < -0.4 is 11.1 Å². The van der Waals surface area contributed by atoms with E-state index in [1.165, 1.54) is 6.07 Å². The third-order valence-electron chi connectivity index (χ3n) is 2.02. The topological polar surface area (TPSA) is 55.1 Å². The van der Waals surface area contributed by atoms with E-state index < -0.39 is 6.03 Å². The summed E-state index contributed by atoms with van der Waals surface area (Å²) in [6, 6.07) is 2.34. The van der Waals surface area contributed by atoms with Gasteiger partial charge in [0, 0.05) is 11.6 Å².